The molecule has 3 fully saturated rings. The number of piperidine rings is 2. The summed E-state index contributed by atoms with van der Waals surface area (Å²) in [7, 11) is 1.34. The summed E-state index contributed by atoms with van der Waals surface area (Å²) in [6.07, 6.45) is 1.71. The summed E-state index contributed by atoms with van der Waals surface area (Å²) in [5.74, 6) is 1.04. The second-order valence-corrected chi connectivity index (χ2v) is 9.97. The fourth-order valence-electron chi connectivity index (χ4n) is 4.91. The molecule has 2 aromatic heterocycles. The summed E-state index contributed by atoms with van der Waals surface area (Å²) in [4.78, 5) is 41.3. The third kappa shape index (κ3) is 4.18. The minimum Gasteiger partial charge on any atom is -0.464 e. The van der Waals surface area contributed by atoms with Crippen molar-refractivity contribution in [3.05, 3.63) is 33.2 Å². The number of aromatic nitrogens is 3. The first-order valence-corrected chi connectivity index (χ1v) is 12.1. The summed E-state index contributed by atoms with van der Waals surface area (Å²) in [5, 5.41) is 3.67. The number of carbonyl (C=O) groups is 2. The van der Waals surface area contributed by atoms with E-state index in [1.165, 1.54) is 7.11 Å². The molecule has 10 nitrogen and oxygen atoms in total. The molecule has 3 atom stereocenters. The number of hydrogen-bond donors (Lipinski definition) is 3. The Kier molecular flexibility index (Phi) is 6.07. The van der Waals surface area contributed by atoms with E-state index in [2.05, 4.69) is 25.1 Å². The van der Waals surface area contributed by atoms with Gasteiger partial charge in [-0.25, -0.2) is 9.78 Å². The topological polar surface area (TPSA) is 129 Å². The van der Waals surface area contributed by atoms with E-state index in [9.17, 15) is 9.59 Å². The molecular formula is C22H27Cl2N7O3. The molecular weight excluding hydrogens is 481 g/mol. The number of methoxy groups -OCH3 is 1. The monoisotopic (exact) mass is 507 g/mol. The number of nitrogens with zero attached hydrogens (tertiary/aromatic N) is 4. The van der Waals surface area contributed by atoms with Crippen molar-refractivity contribution >= 4 is 46.8 Å². The van der Waals surface area contributed by atoms with Crippen LogP contribution < -0.4 is 20.9 Å². The SMILES string of the molecule is COC(=O)c1cc(N2C[C@@H]3[C@H](C2)[C@H]3NC(=O)c2[nH]c(C)c(Cl)c2Cl)nc(N2CCC(N)CC2)n1. The van der Waals surface area contributed by atoms with Crippen LogP contribution in [0.3, 0.4) is 0 Å². The van der Waals surface area contributed by atoms with Gasteiger partial charge in [-0.1, -0.05) is 23.2 Å². The first kappa shape index (κ1) is 23.2. The van der Waals surface area contributed by atoms with E-state index in [1.54, 1.807) is 13.0 Å². The molecule has 12 heteroatoms. The maximum absolute atomic E-state index is 12.7. The molecule has 2 aromatic rings. The standard InChI is InChI=1S/C22H27Cl2N7O3/c1-10-16(23)17(24)19(26-10)20(32)29-18-12-8-31(9-13(12)18)15-7-14(21(33)34-2)27-22(28-15)30-5-3-11(25)4-6-30/h7,11-13,18,26H,3-6,8-9,25H2,1-2H3,(H,29,32)/t12-,13+,18+. The van der Waals surface area contributed by atoms with Gasteiger partial charge < -0.3 is 30.6 Å². The molecule has 2 saturated heterocycles. The molecule has 0 unspecified atom stereocenters. The molecule has 5 rings (SSSR count). The number of aromatic amines is 1. The maximum atomic E-state index is 12.7. The Labute approximate surface area is 207 Å². The van der Waals surface area contributed by atoms with E-state index in [0.29, 0.717) is 34.3 Å². The van der Waals surface area contributed by atoms with E-state index >= 15 is 0 Å². The van der Waals surface area contributed by atoms with Crippen LogP contribution in [0.1, 0.15) is 39.5 Å². The number of amides is 1. The predicted octanol–water partition coefficient (Wildman–Crippen LogP) is 2.00. The van der Waals surface area contributed by atoms with Gasteiger partial charge in [0.2, 0.25) is 5.95 Å². The molecule has 4 N–H and O–H groups in total. The fourth-order valence-corrected chi connectivity index (χ4v) is 5.33. The van der Waals surface area contributed by atoms with Gasteiger partial charge in [0.05, 0.1) is 17.2 Å². The van der Waals surface area contributed by atoms with Crippen LogP contribution in [0.15, 0.2) is 6.07 Å². The molecule has 34 heavy (non-hydrogen) atoms. The minimum atomic E-state index is -0.495. The van der Waals surface area contributed by atoms with Crippen LogP contribution in [0.5, 0.6) is 0 Å². The van der Waals surface area contributed by atoms with Gasteiger partial charge in [0, 0.05) is 61.9 Å². The quantitative estimate of drug-likeness (QED) is 0.523. The number of nitrogens with one attached hydrogen (secondary N) is 2. The third-order valence-electron chi connectivity index (χ3n) is 7.01. The molecule has 0 bridgehead atoms. The van der Waals surface area contributed by atoms with Crippen LogP contribution in [0.25, 0.3) is 0 Å². The molecule has 1 aliphatic carbocycles. The maximum Gasteiger partial charge on any atom is 0.356 e. The van der Waals surface area contributed by atoms with E-state index in [4.69, 9.17) is 38.7 Å². The molecule has 0 radical (unpaired) electrons. The Balaban J connectivity index is 1.28. The van der Waals surface area contributed by atoms with Gasteiger partial charge in [-0.05, 0) is 19.8 Å². The normalized spacial score (nSPS) is 24.2. The van der Waals surface area contributed by atoms with Gasteiger partial charge in [0.15, 0.2) is 5.69 Å². The van der Waals surface area contributed by atoms with Gasteiger partial charge in [0.25, 0.3) is 5.91 Å². The van der Waals surface area contributed by atoms with Gasteiger partial charge in [0.1, 0.15) is 11.5 Å². The largest absolute Gasteiger partial charge is 0.464 e. The average molecular weight is 508 g/mol. The lowest BCUT2D eigenvalue weighted by atomic mass is 10.1. The minimum absolute atomic E-state index is 0.0622. The number of fused-ring (bicyclic) bond motifs is 1. The second kappa shape index (κ2) is 8.90. The molecule has 1 saturated carbocycles. The van der Waals surface area contributed by atoms with E-state index < -0.39 is 5.97 Å². The zero-order chi connectivity index (χ0) is 24.1. The molecule has 2 aliphatic heterocycles. The lowest BCUT2D eigenvalue weighted by Gasteiger charge is -2.31. The number of rotatable bonds is 5. The van der Waals surface area contributed by atoms with Crippen LogP contribution >= 0.6 is 23.2 Å². The Morgan fingerprint density at radius 3 is 2.41 bits per heavy atom. The molecule has 0 aromatic carbocycles. The molecule has 182 valence electrons. The van der Waals surface area contributed by atoms with Crippen molar-refractivity contribution in [1.29, 1.82) is 0 Å². The number of aryl methyl sites for hydroxylation is 1. The van der Waals surface area contributed by atoms with Crippen LogP contribution in [0.2, 0.25) is 10.0 Å². The lowest BCUT2D eigenvalue weighted by Crippen LogP contribution is -2.41. The van der Waals surface area contributed by atoms with Crippen molar-refractivity contribution in [2.45, 2.75) is 31.8 Å². The van der Waals surface area contributed by atoms with Crippen LogP contribution in [0.4, 0.5) is 11.8 Å². The average Bonchev–Trinajstić information content (AvgIpc) is 3.15. The molecule has 0 spiro atoms. The van der Waals surface area contributed by atoms with Crippen molar-refractivity contribution in [1.82, 2.24) is 20.3 Å². The van der Waals surface area contributed by atoms with Crippen molar-refractivity contribution < 1.29 is 14.3 Å². The summed E-state index contributed by atoms with van der Waals surface area (Å²) >= 11 is 12.3. The summed E-state index contributed by atoms with van der Waals surface area (Å²) in [5.41, 5.74) is 7.21. The second-order valence-electron chi connectivity index (χ2n) is 9.21. The highest BCUT2D eigenvalue weighted by atomic mass is 35.5. The van der Waals surface area contributed by atoms with Crippen LogP contribution in [-0.4, -0.2) is 72.2 Å². The number of halogens is 2. The Morgan fingerprint density at radius 1 is 1.15 bits per heavy atom. The van der Waals surface area contributed by atoms with E-state index in [0.717, 1.165) is 39.0 Å². The highest BCUT2D eigenvalue weighted by molar-refractivity contribution is 6.44. The van der Waals surface area contributed by atoms with Crippen LogP contribution in [0, 0.1) is 18.8 Å². The van der Waals surface area contributed by atoms with Gasteiger partial charge >= 0.3 is 5.97 Å². The number of hydrogen-bond acceptors (Lipinski definition) is 8. The first-order chi connectivity index (χ1) is 16.3. The summed E-state index contributed by atoms with van der Waals surface area (Å²) < 4.78 is 4.91. The molecule has 4 heterocycles. The first-order valence-electron chi connectivity index (χ1n) is 11.3. The number of carbonyl (C=O) groups excluding carboxylic acids is 2. The number of H-pyrrole nitrogens is 1. The van der Waals surface area contributed by atoms with E-state index in [1.807, 2.05) is 0 Å². The number of ether oxygens (including phenoxy) is 1. The lowest BCUT2D eigenvalue weighted by molar-refractivity contribution is 0.0593. The van der Waals surface area contributed by atoms with Gasteiger partial charge in [-0.15, -0.1) is 0 Å². The third-order valence-corrected chi connectivity index (χ3v) is 7.96. The smallest absolute Gasteiger partial charge is 0.356 e. The zero-order valence-electron chi connectivity index (χ0n) is 19.0. The Morgan fingerprint density at radius 2 is 1.82 bits per heavy atom. The zero-order valence-corrected chi connectivity index (χ0v) is 20.5. The van der Waals surface area contributed by atoms with Crippen molar-refractivity contribution in [3.63, 3.8) is 0 Å². The Hall–Kier alpha value is -2.56. The van der Waals surface area contributed by atoms with Gasteiger partial charge in [-0.2, -0.15) is 4.98 Å². The molecule has 3 aliphatic rings. The fraction of sp³-hybridized carbons (Fsp3) is 0.545. The van der Waals surface area contributed by atoms with Crippen molar-refractivity contribution in [3.8, 4) is 0 Å². The predicted molar refractivity (Wildman–Crippen MR) is 129 cm³/mol. The van der Waals surface area contributed by atoms with Crippen LogP contribution in [-0.2, 0) is 4.74 Å². The summed E-state index contributed by atoms with van der Waals surface area (Å²) in [6.45, 7) is 4.70. The summed E-state index contributed by atoms with van der Waals surface area (Å²) in [6, 6.07) is 1.91. The van der Waals surface area contributed by atoms with Crippen molar-refractivity contribution in [2.24, 2.45) is 17.6 Å². The molecule has 1 amide bonds. The Bertz CT molecular complexity index is 1120. The van der Waals surface area contributed by atoms with Gasteiger partial charge in [-0.3, -0.25) is 4.79 Å². The number of anilines is 2. The number of nitrogens with two attached hydrogens (primary N) is 1. The number of esters is 1. The highest BCUT2D eigenvalue weighted by Gasteiger charge is 2.57. The van der Waals surface area contributed by atoms with Crippen molar-refractivity contribution in [2.75, 3.05) is 43.1 Å². The van der Waals surface area contributed by atoms with E-state index in [-0.39, 0.29) is 34.4 Å². The highest BCUT2D eigenvalue weighted by Crippen LogP contribution is 2.47.